The van der Waals surface area contributed by atoms with E-state index in [2.05, 4.69) is 10.3 Å². The van der Waals surface area contributed by atoms with E-state index in [0.29, 0.717) is 5.69 Å². The zero-order chi connectivity index (χ0) is 11.5. The number of nitrogens with one attached hydrogen (secondary N) is 1. The van der Waals surface area contributed by atoms with Crippen LogP contribution in [0.2, 0.25) is 0 Å². The van der Waals surface area contributed by atoms with Crippen molar-refractivity contribution in [3.05, 3.63) is 48.2 Å². The van der Waals surface area contributed by atoms with Crippen molar-refractivity contribution in [3.63, 3.8) is 0 Å². The van der Waals surface area contributed by atoms with E-state index in [-0.39, 0.29) is 5.56 Å². The van der Waals surface area contributed by atoms with E-state index >= 15 is 0 Å². The van der Waals surface area contributed by atoms with Gasteiger partial charge < -0.3 is 5.32 Å². The van der Waals surface area contributed by atoms with Crippen molar-refractivity contribution in [2.75, 3.05) is 12.4 Å². The van der Waals surface area contributed by atoms with Crippen molar-refractivity contribution in [3.8, 4) is 11.3 Å². The summed E-state index contributed by atoms with van der Waals surface area (Å²) in [5.41, 5.74) is 1.37. The first kappa shape index (κ1) is 10.5. The Bertz CT molecular complexity index is 512. The first-order chi connectivity index (χ1) is 7.72. The number of hydrogen-bond donors (Lipinski definition) is 1. The fourth-order valence-electron chi connectivity index (χ4n) is 1.43. The molecule has 0 saturated carbocycles. The molecule has 0 unspecified atom stereocenters. The van der Waals surface area contributed by atoms with Crippen LogP contribution in [0.15, 0.2) is 36.5 Å². The van der Waals surface area contributed by atoms with Gasteiger partial charge in [-0.2, -0.15) is 0 Å². The van der Waals surface area contributed by atoms with E-state index in [4.69, 9.17) is 0 Å². The lowest BCUT2D eigenvalue weighted by Gasteiger charge is -2.05. The number of pyridine rings is 1. The van der Waals surface area contributed by atoms with Gasteiger partial charge in [0.2, 0.25) is 0 Å². The van der Waals surface area contributed by atoms with Crippen molar-refractivity contribution in [2.45, 2.75) is 0 Å². The molecule has 4 heteroatoms. The third kappa shape index (κ3) is 1.86. The van der Waals surface area contributed by atoms with Gasteiger partial charge in [-0.25, -0.2) is 8.78 Å². The van der Waals surface area contributed by atoms with Gasteiger partial charge in [0, 0.05) is 24.5 Å². The number of anilines is 1. The van der Waals surface area contributed by atoms with Crippen LogP contribution in [0.4, 0.5) is 14.5 Å². The van der Waals surface area contributed by atoms with E-state index in [1.165, 1.54) is 12.1 Å². The Balaban J connectivity index is 2.54. The zero-order valence-corrected chi connectivity index (χ0v) is 8.67. The molecule has 82 valence electrons. The number of halogens is 2. The van der Waals surface area contributed by atoms with Crippen LogP contribution in [-0.2, 0) is 0 Å². The Labute approximate surface area is 92.0 Å². The molecule has 0 bridgehead atoms. The summed E-state index contributed by atoms with van der Waals surface area (Å²) < 4.78 is 26.5. The van der Waals surface area contributed by atoms with Crippen molar-refractivity contribution < 1.29 is 8.78 Å². The minimum absolute atomic E-state index is 0.164. The number of hydrogen-bond acceptors (Lipinski definition) is 2. The number of nitrogens with zero attached hydrogens (tertiary/aromatic N) is 1. The summed E-state index contributed by atoms with van der Waals surface area (Å²) in [5, 5.41) is 2.91. The minimum Gasteiger partial charge on any atom is -0.388 e. The highest BCUT2D eigenvalue weighted by Crippen LogP contribution is 2.24. The molecule has 1 heterocycles. The van der Waals surface area contributed by atoms with Gasteiger partial charge >= 0.3 is 0 Å². The summed E-state index contributed by atoms with van der Waals surface area (Å²) in [6, 6.07) is 7.46. The molecule has 0 atom stereocenters. The molecule has 0 amide bonds. The molecule has 2 nitrogen and oxygen atoms in total. The highest BCUT2D eigenvalue weighted by atomic mass is 19.2. The molecule has 2 aromatic rings. The first-order valence-electron chi connectivity index (χ1n) is 4.80. The molecule has 1 aromatic heterocycles. The molecule has 0 fully saturated rings. The van der Waals surface area contributed by atoms with E-state index in [9.17, 15) is 8.78 Å². The van der Waals surface area contributed by atoms with Crippen LogP contribution in [0.25, 0.3) is 11.3 Å². The maximum atomic E-state index is 13.5. The maximum absolute atomic E-state index is 13.5. The van der Waals surface area contributed by atoms with E-state index < -0.39 is 11.6 Å². The standard InChI is InChI=1S/C12H10F2N2/c1-15-8-5-6-16-11(7-8)9-3-2-4-10(13)12(9)14/h2-7H,1H3,(H,15,16). The molecular formula is C12H10F2N2. The lowest BCUT2D eigenvalue weighted by atomic mass is 10.1. The van der Waals surface area contributed by atoms with Crippen molar-refractivity contribution in [2.24, 2.45) is 0 Å². The van der Waals surface area contributed by atoms with Crippen molar-refractivity contribution >= 4 is 5.69 Å². The van der Waals surface area contributed by atoms with Gasteiger partial charge in [0.15, 0.2) is 11.6 Å². The van der Waals surface area contributed by atoms with Crippen LogP contribution in [0.5, 0.6) is 0 Å². The summed E-state index contributed by atoms with van der Waals surface area (Å²) in [5.74, 6) is -1.74. The Morgan fingerprint density at radius 1 is 1.19 bits per heavy atom. The predicted molar refractivity (Wildman–Crippen MR) is 59.1 cm³/mol. The van der Waals surface area contributed by atoms with Crippen molar-refractivity contribution in [1.82, 2.24) is 4.98 Å². The van der Waals surface area contributed by atoms with Crippen LogP contribution in [0.3, 0.4) is 0 Å². The molecular weight excluding hydrogens is 210 g/mol. The van der Waals surface area contributed by atoms with Gasteiger partial charge in [-0.1, -0.05) is 6.07 Å². The largest absolute Gasteiger partial charge is 0.388 e. The smallest absolute Gasteiger partial charge is 0.168 e. The fourth-order valence-corrected chi connectivity index (χ4v) is 1.43. The van der Waals surface area contributed by atoms with Crippen LogP contribution in [-0.4, -0.2) is 12.0 Å². The summed E-state index contributed by atoms with van der Waals surface area (Å²) in [7, 11) is 1.75. The molecule has 0 aliphatic rings. The SMILES string of the molecule is CNc1ccnc(-c2cccc(F)c2F)c1. The number of benzene rings is 1. The van der Waals surface area contributed by atoms with Gasteiger partial charge in [-0.15, -0.1) is 0 Å². The zero-order valence-electron chi connectivity index (χ0n) is 8.67. The third-order valence-electron chi connectivity index (χ3n) is 2.28. The molecule has 16 heavy (non-hydrogen) atoms. The monoisotopic (exact) mass is 220 g/mol. The highest BCUT2D eigenvalue weighted by molar-refractivity contribution is 5.64. The van der Waals surface area contributed by atoms with Gasteiger partial charge in [0.1, 0.15) is 0 Å². The molecule has 1 N–H and O–H groups in total. The number of rotatable bonds is 2. The van der Waals surface area contributed by atoms with E-state index in [1.54, 1.807) is 25.4 Å². The quantitative estimate of drug-likeness (QED) is 0.841. The van der Waals surface area contributed by atoms with Gasteiger partial charge in [-0.05, 0) is 24.3 Å². The highest BCUT2D eigenvalue weighted by Gasteiger charge is 2.10. The Kier molecular flexibility index (Phi) is 2.81. The average molecular weight is 220 g/mol. The predicted octanol–water partition coefficient (Wildman–Crippen LogP) is 3.07. The maximum Gasteiger partial charge on any atom is 0.168 e. The van der Waals surface area contributed by atoms with E-state index in [1.807, 2.05) is 0 Å². The average Bonchev–Trinajstić information content (AvgIpc) is 2.33. The lowest BCUT2D eigenvalue weighted by Crippen LogP contribution is -1.93. The van der Waals surface area contributed by atoms with Gasteiger partial charge in [0.05, 0.1) is 5.69 Å². The summed E-state index contributed by atoms with van der Waals surface area (Å²) in [4.78, 5) is 4.01. The summed E-state index contributed by atoms with van der Waals surface area (Å²) >= 11 is 0. The Hall–Kier alpha value is -1.97. The molecule has 0 spiro atoms. The Morgan fingerprint density at radius 2 is 2.00 bits per heavy atom. The normalized spacial score (nSPS) is 10.2. The number of aromatic nitrogens is 1. The van der Waals surface area contributed by atoms with Gasteiger partial charge in [0.25, 0.3) is 0 Å². The topological polar surface area (TPSA) is 24.9 Å². The molecule has 0 radical (unpaired) electrons. The summed E-state index contributed by atoms with van der Waals surface area (Å²) in [6.45, 7) is 0. The molecule has 1 aromatic carbocycles. The third-order valence-corrected chi connectivity index (χ3v) is 2.28. The lowest BCUT2D eigenvalue weighted by molar-refractivity contribution is 0.511. The second-order valence-electron chi connectivity index (χ2n) is 3.28. The van der Waals surface area contributed by atoms with Crippen molar-refractivity contribution in [1.29, 1.82) is 0 Å². The van der Waals surface area contributed by atoms with Crippen LogP contribution in [0, 0.1) is 11.6 Å². The second kappa shape index (κ2) is 4.26. The molecule has 2 rings (SSSR count). The second-order valence-corrected chi connectivity index (χ2v) is 3.28. The first-order valence-corrected chi connectivity index (χ1v) is 4.80. The van der Waals surface area contributed by atoms with Gasteiger partial charge in [-0.3, -0.25) is 4.98 Å². The van der Waals surface area contributed by atoms with Crippen LogP contribution < -0.4 is 5.32 Å². The Morgan fingerprint density at radius 3 is 2.75 bits per heavy atom. The summed E-state index contributed by atoms with van der Waals surface area (Å²) in [6.07, 6.45) is 1.55. The fraction of sp³-hybridized carbons (Fsp3) is 0.0833. The molecule has 0 saturated heterocycles. The van der Waals surface area contributed by atoms with Crippen LogP contribution in [0.1, 0.15) is 0 Å². The molecule has 0 aliphatic carbocycles. The molecule has 0 aliphatic heterocycles. The van der Waals surface area contributed by atoms with E-state index in [0.717, 1.165) is 11.8 Å². The van der Waals surface area contributed by atoms with Crippen LogP contribution >= 0.6 is 0 Å². The minimum atomic E-state index is -0.872.